The minimum absolute atomic E-state index is 0.00692. The smallest absolute Gasteiger partial charge is 0.272 e. The summed E-state index contributed by atoms with van der Waals surface area (Å²) < 4.78 is 0. The van der Waals surface area contributed by atoms with Gasteiger partial charge >= 0.3 is 0 Å². The van der Waals surface area contributed by atoms with Crippen molar-refractivity contribution in [1.82, 2.24) is 25.0 Å². The molecule has 0 bridgehead atoms. The lowest BCUT2D eigenvalue weighted by atomic mass is 9.95. The molecule has 2 aromatic heterocycles. The maximum Gasteiger partial charge on any atom is 0.272 e. The number of hydrogen-bond acceptors (Lipinski definition) is 5. The van der Waals surface area contributed by atoms with E-state index >= 15 is 0 Å². The van der Waals surface area contributed by atoms with E-state index in [4.69, 9.17) is 0 Å². The van der Waals surface area contributed by atoms with Crippen molar-refractivity contribution in [1.29, 1.82) is 0 Å². The summed E-state index contributed by atoms with van der Waals surface area (Å²) in [5.74, 6) is -0.0778. The van der Waals surface area contributed by atoms with Gasteiger partial charge in [0.1, 0.15) is 5.69 Å². The number of piperidine rings is 1. The summed E-state index contributed by atoms with van der Waals surface area (Å²) in [5, 5.41) is 17.6. The maximum absolute atomic E-state index is 13.0. The number of likely N-dealkylation sites (tertiary alicyclic amines) is 2. The number of carbonyl (C=O) groups is 2. The molecule has 0 aromatic carbocycles. The second kappa shape index (κ2) is 8.32. The molecule has 0 spiro atoms. The first-order chi connectivity index (χ1) is 14.0. The molecule has 0 unspecified atom stereocenters. The Morgan fingerprint density at radius 1 is 1.21 bits per heavy atom. The predicted molar refractivity (Wildman–Crippen MR) is 106 cm³/mol. The standard InChI is InChI=1S/C21H27N5O3/c1-14-10-17(24-23-14)11-16-12-26(13-19(16)27)20(28)15-5-8-25(9-6-15)21(29)18-4-2-3-7-22-18/h2-4,7,10,15-16,19,27H,5-6,8-9,11-13H2,1H3,(H,23,24)/t16-,19-/m1/s1. The van der Waals surface area contributed by atoms with Crippen LogP contribution in [0.2, 0.25) is 0 Å². The van der Waals surface area contributed by atoms with E-state index in [0.29, 0.717) is 51.1 Å². The monoisotopic (exact) mass is 397 g/mol. The fraction of sp³-hybridized carbons (Fsp3) is 0.524. The van der Waals surface area contributed by atoms with E-state index in [1.807, 2.05) is 13.0 Å². The molecule has 29 heavy (non-hydrogen) atoms. The number of aromatic amines is 1. The molecule has 2 fully saturated rings. The quantitative estimate of drug-likeness (QED) is 0.802. The molecule has 8 nitrogen and oxygen atoms in total. The molecule has 4 heterocycles. The zero-order valence-electron chi connectivity index (χ0n) is 16.6. The Morgan fingerprint density at radius 2 is 2.00 bits per heavy atom. The molecule has 8 heteroatoms. The number of nitrogens with one attached hydrogen (secondary N) is 1. The Morgan fingerprint density at radius 3 is 2.66 bits per heavy atom. The SMILES string of the molecule is Cc1cc(C[C@@H]2CN(C(=O)C3CCN(C(=O)c4ccccn4)CC3)C[C@H]2O)n[nH]1. The summed E-state index contributed by atoms with van der Waals surface area (Å²) in [6, 6.07) is 7.28. The van der Waals surface area contributed by atoms with E-state index in [1.165, 1.54) is 0 Å². The van der Waals surface area contributed by atoms with Crippen molar-refractivity contribution in [2.45, 2.75) is 32.3 Å². The number of pyridine rings is 1. The van der Waals surface area contributed by atoms with Crippen LogP contribution in [0.15, 0.2) is 30.5 Å². The number of β-amino-alcohol motifs (C(OH)–C–C–N with tert-alkyl or cyclic N) is 1. The molecule has 2 saturated heterocycles. The van der Waals surface area contributed by atoms with Crippen molar-refractivity contribution in [3.8, 4) is 0 Å². The molecule has 0 aliphatic carbocycles. The van der Waals surface area contributed by atoms with Crippen LogP contribution in [0.4, 0.5) is 0 Å². The summed E-state index contributed by atoms with van der Waals surface area (Å²) in [6.07, 6.45) is 3.04. The van der Waals surface area contributed by atoms with Gasteiger partial charge in [0.2, 0.25) is 5.91 Å². The Bertz CT molecular complexity index is 860. The van der Waals surface area contributed by atoms with Crippen LogP contribution in [0, 0.1) is 18.8 Å². The van der Waals surface area contributed by atoms with E-state index in [1.54, 1.807) is 34.2 Å². The third-order valence-corrected chi connectivity index (χ3v) is 5.96. The number of aromatic nitrogens is 3. The fourth-order valence-corrected chi connectivity index (χ4v) is 4.32. The van der Waals surface area contributed by atoms with Crippen molar-refractivity contribution in [3.05, 3.63) is 47.5 Å². The maximum atomic E-state index is 13.0. The number of aryl methyl sites for hydroxylation is 1. The third-order valence-electron chi connectivity index (χ3n) is 5.96. The summed E-state index contributed by atoms with van der Waals surface area (Å²) in [7, 11) is 0. The molecular formula is C21H27N5O3. The van der Waals surface area contributed by atoms with Crippen LogP contribution < -0.4 is 0 Å². The number of hydrogen-bond donors (Lipinski definition) is 2. The number of aliphatic hydroxyl groups is 1. The van der Waals surface area contributed by atoms with Gasteiger partial charge in [-0.3, -0.25) is 19.7 Å². The van der Waals surface area contributed by atoms with Crippen LogP contribution in [0.25, 0.3) is 0 Å². The van der Waals surface area contributed by atoms with Crippen LogP contribution in [0.3, 0.4) is 0 Å². The van der Waals surface area contributed by atoms with Crippen LogP contribution >= 0.6 is 0 Å². The lowest BCUT2D eigenvalue weighted by molar-refractivity contribution is -0.136. The van der Waals surface area contributed by atoms with Crippen molar-refractivity contribution in [2.24, 2.45) is 11.8 Å². The second-order valence-corrected chi connectivity index (χ2v) is 8.10. The first kappa shape index (κ1) is 19.6. The lowest BCUT2D eigenvalue weighted by Crippen LogP contribution is -2.44. The van der Waals surface area contributed by atoms with E-state index in [9.17, 15) is 14.7 Å². The molecule has 154 valence electrons. The highest BCUT2D eigenvalue weighted by Crippen LogP contribution is 2.26. The van der Waals surface area contributed by atoms with Crippen LogP contribution in [-0.4, -0.2) is 74.2 Å². The topological polar surface area (TPSA) is 102 Å². The van der Waals surface area contributed by atoms with Crippen molar-refractivity contribution >= 4 is 11.8 Å². The molecule has 2 atom stereocenters. The Hall–Kier alpha value is -2.74. The van der Waals surface area contributed by atoms with Gasteiger partial charge in [-0.2, -0.15) is 5.10 Å². The van der Waals surface area contributed by atoms with Crippen LogP contribution in [0.1, 0.15) is 34.7 Å². The molecular weight excluding hydrogens is 370 g/mol. The lowest BCUT2D eigenvalue weighted by Gasteiger charge is -2.33. The highest BCUT2D eigenvalue weighted by Gasteiger charge is 2.38. The van der Waals surface area contributed by atoms with Crippen molar-refractivity contribution in [2.75, 3.05) is 26.2 Å². The first-order valence-corrected chi connectivity index (χ1v) is 10.2. The van der Waals surface area contributed by atoms with Crippen molar-refractivity contribution < 1.29 is 14.7 Å². The molecule has 2 aromatic rings. The van der Waals surface area contributed by atoms with Gasteiger partial charge in [-0.05, 0) is 44.4 Å². The van der Waals surface area contributed by atoms with Gasteiger partial charge in [0, 0.05) is 49.9 Å². The highest BCUT2D eigenvalue weighted by atomic mass is 16.3. The van der Waals surface area contributed by atoms with E-state index in [0.717, 1.165) is 11.4 Å². The zero-order valence-corrected chi connectivity index (χ0v) is 16.6. The van der Waals surface area contributed by atoms with E-state index in [2.05, 4.69) is 15.2 Å². The summed E-state index contributed by atoms with van der Waals surface area (Å²) >= 11 is 0. The second-order valence-electron chi connectivity index (χ2n) is 8.10. The molecule has 2 aliphatic heterocycles. The summed E-state index contributed by atoms with van der Waals surface area (Å²) in [6.45, 7) is 3.98. The van der Waals surface area contributed by atoms with Gasteiger partial charge < -0.3 is 14.9 Å². The van der Waals surface area contributed by atoms with Crippen molar-refractivity contribution in [3.63, 3.8) is 0 Å². The van der Waals surface area contributed by atoms with E-state index in [-0.39, 0.29) is 23.7 Å². The number of nitrogens with zero attached hydrogens (tertiary/aromatic N) is 4. The zero-order chi connectivity index (χ0) is 20.4. The predicted octanol–water partition coefficient (Wildman–Crippen LogP) is 1.03. The van der Waals surface area contributed by atoms with Gasteiger partial charge in [-0.25, -0.2) is 0 Å². The van der Waals surface area contributed by atoms with Gasteiger partial charge in [0.25, 0.3) is 5.91 Å². The Labute approximate surface area is 169 Å². The highest BCUT2D eigenvalue weighted by molar-refractivity contribution is 5.92. The van der Waals surface area contributed by atoms with E-state index < -0.39 is 6.10 Å². The molecule has 2 aliphatic rings. The molecule has 4 rings (SSSR count). The van der Waals surface area contributed by atoms with Gasteiger partial charge in [-0.1, -0.05) is 6.07 Å². The number of H-pyrrole nitrogens is 1. The Kier molecular flexibility index (Phi) is 5.62. The van der Waals surface area contributed by atoms with Crippen LogP contribution in [0.5, 0.6) is 0 Å². The van der Waals surface area contributed by atoms with Crippen LogP contribution in [-0.2, 0) is 11.2 Å². The first-order valence-electron chi connectivity index (χ1n) is 10.2. The fourth-order valence-electron chi connectivity index (χ4n) is 4.32. The minimum Gasteiger partial charge on any atom is -0.391 e. The normalized spacial score (nSPS) is 22.8. The number of aliphatic hydroxyl groups excluding tert-OH is 1. The van der Waals surface area contributed by atoms with Gasteiger partial charge in [-0.15, -0.1) is 0 Å². The minimum atomic E-state index is -0.526. The summed E-state index contributed by atoms with van der Waals surface area (Å²) in [5.41, 5.74) is 2.35. The average molecular weight is 397 g/mol. The Balaban J connectivity index is 1.30. The summed E-state index contributed by atoms with van der Waals surface area (Å²) in [4.78, 5) is 33.2. The van der Waals surface area contributed by atoms with Gasteiger partial charge in [0.05, 0.1) is 11.8 Å². The number of carbonyl (C=O) groups excluding carboxylic acids is 2. The average Bonchev–Trinajstić information content (AvgIpc) is 3.33. The largest absolute Gasteiger partial charge is 0.391 e. The third kappa shape index (κ3) is 4.32. The van der Waals surface area contributed by atoms with Gasteiger partial charge in [0.15, 0.2) is 0 Å². The molecule has 0 saturated carbocycles. The molecule has 2 amide bonds. The molecule has 0 radical (unpaired) electrons. The number of rotatable bonds is 4. The molecule has 2 N–H and O–H groups in total. The number of amides is 2.